The lowest BCUT2D eigenvalue weighted by Gasteiger charge is -2.70. The number of carbonyl (C=O) groups excluding carboxylic acids is 2. The zero-order valence-corrected chi connectivity index (χ0v) is 39.8. The Morgan fingerprint density at radius 2 is 1.53 bits per heavy atom. The number of piperidine rings is 1. The molecule has 0 aromatic heterocycles. The molecule has 6 aliphatic rings. The first kappa shape index (κ1) is 48.7. The molecule has 1 aliphatic heterocycles. The Balaban J connectivity index is 1.18. The fourth-order valence-corrected chi connectivity index (χ4v) is 14.5. The van der Waals surface area contributed by atoms with Crippen LogP contribution in [-0.4, -0.2) is 126 Å². The number of aliphatic hydroxyl groups excluding tert-OH is 1. The summed E-state index contributed by atoms with van der Waals surface area (Å²) in [6.45, 7) is 6.03. The molecule has 1 saturated heterocycles. The first-order chi connectivity index (χ1) is 31.1. The fraction of sp³-hybridized carbons (Fsp3) is 0.731. The van der Waals surface area contributed by atoms with Gasteiger partial charge in [-0.05, 0) is 75.6 Å². The number of allylic oxidation sites excluding steroid dienone is 6. The number of aliphatic hydroxyl groups is 1. The largest absolute Gasteiger partial charge is 0.493 e. The number of methoxy groups -OCH3 is 6. The number of hydrogen-bond donors (Lipinski definition) is 1. The Morgan fingerprint density at radius 1 is 0.812 bits per heavy atom. The lowest BCUT2D eigenvalue weighted by atomic mass is 9.42. The smallest absolute Gasteiger partial charge is 0.338 e. The molecule has 1 N–H and O–H groups in total. The average Bonchev–Trinajstić information content (AvgIpc) is 3.73. The van der Waals surface area contributed by atoms with Gasteiger partial charge in [0.15, 0.2) is 11.5 Å². The lowest BCUT2D eigenvalue weighted by Crippen LogP contribution is -2.79. The zero-order chi connectivity index (χ0) is 45.6. The molecule has 0 amide bonds. The summed E-state index contributed by atoms with van der Waals surface area (Å²) in [7, 11) is 10.1. The Kier molecular flexibility index (Phi) is 16.1. The van der Waals surface area contributed by atoms with E-state index in [1.807, 2.05) is 0 Å². The molecule has 1 aromatic carbocycles. The SMILES string of the molecule is CC/C=C\C/C=C\C/C=C\CCCCCCCC(=O)O[C@]12C[C@H](OC)[C@H]3C[C@H]([C@@H]1[C@H]3OC(=O)c1ccc(OC)c(OC)c1)[C@@]13C4[C@@H]2[C@H](OC)[C@@H]1[C@](COC)(CN4CC)[C@H](O)C[C@@H]3OC. The molecule has 1 unspecified atom stereocenters. The van der Waals surface area contributed by atoms with Gasteiger partial charge in [0, 0.05) is 94.8 Å². The van der Waals surface area contributed by atoms with Crippen LogP contribution in [0, 0.1) is 40.4 Å². The second-order valence-corrected chi connectivity index (χ2v) is 19.3. The highest BCUT2D eigenvalue weighted by molar-refractivity contribution is 5.90. The molecular formula is C52H77NO11. The van der Waals surface area contributed by atoms with Crippen LogP contribution in [0.2, 0.25) is 0 Å². The summed E-state index contributed by atoms with van der Waals surface area (Å²) >= 11 is 0. The van der Waals surface area contributed by atoms with E-state index < -0.39 is 40.7 Å². The van der Waals surface area contributed by atoms with Gasteiger partial charge in [-0.3, -0.25) is 9.69 Å². The van der Waals surface area contributed by atoms with Gasteiger partial charge < -0.3 is 43.0 Å². The number of hydrogen-bond acceptors (Lipinski definition) is 12. The quantitative estimate of drug-likeness (QED) is 0.0611. The second kappa shape index (κ2) is 21.1. The van der Waals surface area contributed by atoms with Crippen LogP contribution in [0.3, 0.4) is 0 Å². The molecule has 12 nitrogen and oxygen atoms in total. The Hall–Kier alpha value is -3.26. The molecule has 356 valence electrons. The first-order valence-corrected chi connectivity index (χ1v) is 24.2. The van der Waals surface area contributed by atoms with Gasteiger partial charge >= 0.3 is 11.9 Å². The molecule has 5 saturated carbocycles. The summed E-state index contributed by atoms with van der Waals surface area (Å²) in [4.78, 5) is 31.6. The van der Waals surface area contributed by atoms with Gasteiger partial charge in [-0.15, -0.1) is 0 Å². The third-order valence-corrected chi connectivity index (χ3v) is 16.6. The summed E-state index contributed by atoms with van der Waals surface area (Å²) in [5.41, 5.74) is -1.96. The average molecular weight is 892 g/mol. The number of esters is 2. The summed E-state index contributed by atoms with van der Waals surface area (Å²) < 4.78 is 50.9. The van der Waals surface area contributed by atoms with Crippen LogP contribution < -0.4 is 9.47 Å². The van der Waals surface area contributed by atoms with Gasteiger partial charge in [-0.25, -0.2) is 4.79 Å². The van der Waals surface area contributed by atoms with Crippen molar-refractivity contribution >= 4 is 11.9 Å². The first-order valence-electron chi connectivity index (χ1n) is 24.2. The van der Waals surface area contributed by atoms with Crippen LogP contribution in [-0.2, 0) is 33.2 Å². The minimum absolute atomic E-state index is 0.0893. The van der Waals surface area contributed by atoms with E-state index in [4.69, 9.17) is 37.9 Å². The second-order valence-electron chi connectivity index (χ2n) is 19.3. The number of ether oxygens (including phenoxy) is 8. The fourth-order valence-electron chi connectivity index (χ4n) is 14.5. The Morgan fingerprint density at radius 3 is 2.20 bits per heavy atom. The van der Waals surface area contributed by atoms with E-state index in [1.165, 1.54) is 0 Å². The van der Waals surface area contributed by atoms with Gasteiger partial charge in [0.1, 0.15) is 11.7 Å². The van der Waals surface area contributed by atoms with Crippen molar-refractivity contribution in [1.82, 2.24) is 4.90 Å². The number of carbonyl (C=O) groups is 2. The van der Waals surface area contributed by atoms with Crippen molar-refractivity contribution in [2.75, 3.05) is 62.4 Å². The Bertz CT molecular complexity index is 1830. The third-order valence-electron chi connectivity index (χ3n) is 16.6. The summed E-state index contributed by atoms with van der Waals surface area (Å²) in [6, 6.07) is 4.96. The highest BCUT2D eigenvalue weighted by Gasteiger charge is 2.89. The van der Waals surface area contributed by atoms with E-state index in [0.29, 0.717) is 55.9 Å². The summed E-state index contributed by atoms with van der Waals surface area (Å²) in [5.74, 6) is -0.932. The molecule has 14 atom stereocenters. The molecule has 1 spiro atoms. The molecule has 64 heavy (non-hydrogen) atoms. The van der Waals surface area contributed by atoms with E-state index in [2.05, 4.69) is 55.2 Å². The third kappa shape index (κ3) is 8.29. The van der Waals surface area contributed by atoms with Crippen LogP contribution in [0.4, 0.5) is 0 Å². The molecular weight excluding hydrogens is 815 g/mol. The lowest BCUT2D eigenvalue weighted by molar-refractivity contribution is -0.297. The summed E-state index contributed by atoms with van der Waals surface area (Å²) in [5, 5.41) is 12.3. The van der Waals surface area contributed by atoms with Gasteiger partial charge in [0.25, 0.3) is 0 Å². The van der Waals surface area contributed by atoms with Crippen molar-refractivity contribution in [3.8, 4) is 11.5 Å². The zero-order valence-electron chi connectivity index (χ0n) is 39.8. The van der Waals surface area contributed by atoms with E-state index in [1.54, 1.807) is 60.9 Å². The standard InChI is InChI=1S/C52H77NO11/c1-9-11-12-13-14-15-16-17-18-19-20-21-22-23-24-25-42(55)64-51-31-39(60-6)35-29-36(43(51)45(35)63-49(56)34-26-27-37(58-4)38(28-34)59-5)52-41(61-7)30-40(54)50(33-57-3)32-53(10-2)48(52)44(51)46(62-8)47(50)52/h11-12,14-15,17-18,26-28,35-36,39-41,43-48,54H,9-10,13,16,19-25,29-33H2,1-8H3/b12-11-,15-14-,18-17-/t35-,36-,39+,40-,41+,43-,44+,45+,46+,47-,48?,50+,51-,52+/m1/s1. The predicted molar refractivity (Wildman–Crippen MR) is 244 cm³/mol. The highest BCUT2D eigenvalue weighted by atomic mass is 16.6. The maximum Gasteiger partial charge on any atom is 0.338 e. The summed E-state index contributed by atoms with van der Waals surface area (Å²) in [6.07, 6.45) is 21.9. The van der Waals surface area contributed by atoms with Crippen LogP contribution in [0.1, 0.15) is 108 Å². The van der Waals surface area contributed by atoms with E-state index in [9.17, 15) is 14.7 Å². The normalized spacial score (nSPS) is 37.2. The minimum Gasteiger partial charge on any atom is -0.493 e. The van der Waals surface area contributed by atoms with Crippen LogP contribution in [0.25, 0.3) is 0 Å². The van der Waals surface area contributed by atoms with Crippen LogP contribution in [0.15, 0.2) is 54.7 Å². The van der Waals surface area contributed by atoms with Crippen molar-refractivity contribution in [1.29, 1.82) is 0 Å². The van der Waals surface area contributed by atoms with Crippen molar-refractivity contribution in [2.45, 2.75) is 139 Å². The van der Waals surface area contributed by atoms with Gasteiger partial charge in [0.2, 0.25) is 0 Å². The highest BCUT2D eigenvalue weighted by Crippen LogP contribution is 2.80. The predicted octanol–water partition coefficient (Wildman–Crippen LogP) is 8.15. The maximum atomic E-state index is 14.6. The van der Waals surface area contributed by atoms with E-state index in [-0.39, 0.29) is 53.8 Å². The van der Waals surface area contributed by atoms with Crippen molar-refractivity contribution in [3.63, 3.8) is 0 Å². The number of rotatable bonds is 24. The minimum atomic E-state index is -1.10. The molecule has 1 aromatic rings. The van der Waals surface area contributed by atoms with Gasteiger partial charge in [-0.2, -0.15) is 0 Å². The van der Waals surface area contributed by atoms with Crippen molar-refractivity contribution in [3.05, 3.63) is 60.2 Å². The number of likely N-dealkylation sites (tertiary alicyclic amines) is 1. The van der Waals surface area contributed by atoms with Crippen molar-refractivity contribution < 1.29 is 52.6 Å². The molecule has 7 rings (SSSR count). The number of unbranched alkanes of at least 4 members (excludes halogenated alkanes) is 5. The number of fused-ring (bicyclic) bond motifs is 2. The molecule has 7 bridgehead atoms. The van der Waals surface area contributed by atoms with Crippen LogP contribution in [0.5, 0.6) is 11.5 Å². The van der Waals surface area contributed by atoms with Gasteiger partial charge in [-0.1, -0.05) is 69.6 Å². The number of benzene rings is 1. The van der Waals surface area contributed by atoms with Gasteiger partial charge in [0.05, 0.1) is 50.8 Å². The molecule has 12 heteroatoms. The molecule has 6 fully saturated rings. The molecule has 0 radical (unpaired) electrons. The van der Waals surface area contributed by atoms with Crippen molar-refractivity contribution in [2.24, 2.45) is 40.4 Å². The Labute approximate surface area is 382 Å². The monoisotopic (exact) mass is 892 g/mol. The van der Waals surface area contributed by atoms with E-state index >= 15 is 0 Å². The molecule has 1 heterocycles. The maximum absolute atomic E-state index is 14.6. The topological polar surface area (TPSA) is 131 Å². The number of nitrogens with zero attached hydrogens (tertiary/aromatic N) is 1. The molecule has 5 aliphatic carbocycles. The van der Waals surface area contributed by atoms with E-state index in [0.717, 1.165) is 64.3 Å². The van der Waals surface area contributed by atoms with Crippen LogP contribution >= 0.6 is 0 Å².